The highest BCUT2D eigenvalue weighted by Gasteiger charge is 2.11. The van der Waals surface area contributed by atoms with E-state index in [1.165, 1.54) is 11.1 Å². The molecule has 0 unspecified atom stereocenters. The number of benzene rings is 2. The van der Waals surface area contributed by atoms with Crippen LogP contribution in [-0.4, -0.2) is 4.98 Å². The van der Waals surface area contributed by atoms with Crippen molar-refractivity contribution < 1.29 is 4.42 Å². The molecule has 3 heteroatoms. The summed E-state index contributed by atoms with van der Waals surface area (Å²) < 4.78 is 5.80. The molecule has 3 nitrogen and oxygen atoms in total. The lowest BCUT2D eigenvalue weighted by atomic mass is 10.1. The zero-order chi connectivity index (χ0) is 13.4. The van der Waals surface area contributed by atoms with Gasteiger partial charge in [0.2, 0.25) is 5.89 Å². The molecule has 19 heavy (non-hydrogen) atoms. The van der Waals surface area contributed by atoms with Crippen LogP contribution in [0.15, 0.2) is 40.8 Å². The molecule has 3 rings (SSSR count). The Morgan fingerprint density at radius 1 is 1.21 bits per heavy atom. The van der Waals surface area contributed by atoms with Gasteiger partial charge in [-0.25, -0.2) is 4.98 Å². The molecule has 0 saturated carbocycles. The number of nitrogens with zero attached hydrogens (tertiary/aromatic N) is 1. The van der Waals surface area contributed by atoms with Gasteiger partial charge in [0.15, 0.2) is 5.58 Å². The maximum absolute atomic E-state index is 6.02. The molecule has 2 N–H and O–H groups in total. The first-order chi connectivity index (χ1) is 9.17. The van der Waals surface area contributed by atoms with Crippen LogP contribution in [0.2, 0.25) is 0 Å². The van der Waals surface area contributed by atoms with Crippen molar-refractivity contribution in [2.45, 2.75) is 20.3 Å². The van der Waals surface area contributed by atoms with Crippen molar-refractivity contribution in [3.63, 3.8) is 0 Å². The third-order valence-electron chi connectivity index (χ3n) is 3.25. The Hall–Kier alpha value is -2.29. The lowest BCUT2D eigenvalue weighted by Gasteiger charge is -1.98. The predicted molar refractivity (Wildman–Crippen MR) is 78.0 cm³/mol. The molecule has 0 aliphatic rings. The number of oxazole rings is 1. The minimum atomic E-state index is 0.624. The molecule has 96 valence electrons. The van der Waals surface area contributed by atoms with Gasteiger partial charge in [-0.3, -0.25) is 0 Å². The van der Waals surface area contributed by atoms with Crippen molar-refractivity contribution in [1.29, 1.82) is 0 Å². The van der Waals surface area contributed by atoms with Gasteiger partial charge in [0, 0.05) is 5.56 Å². The van der Waals surface area contributed by atoms with Gasteiger partial charge in [-0.05, 0) is 43.2 Å². The maximum atomic E-state index is 6.02. The average molecular weight is 252 g/mol. The fourth-order valence-electron chi connectivity index (χ4n) is 2.22. The number of hydrogen-bond acceptors (Lipinski definition) is 3. The summed E-state index contributed by atoms with van der Waals surface area (Å²) in [7, 11) is 0. The predicted octanol–water partition coefficient (Wildman–Crippen LogP) is 3.95. The SMILES string of the molecule is CCc1cc(N)c2oc(-c3cccc(C)c3)nc2c1. The molecular weight excluding hydrogens is 236 g/mol. The van der Waals surface area contributed by atoms with E-state index in [4.69, 9.17) is 10.2 Å². The highest BCUT2D eigenvalue weighted by molar-refractivity contribution is 5.87. The van der Waals surface area contributed by atoms with Crippen molar-refractivity contribution in [2.75, 3.05) is 5.73 Å². The standard InChI is InChI=1S/C16H16N2O/c1-3-11-8-13(17)15-14(9-11)18-16(19-15)12-6-4-5-10(2)7-12/h4-9H,3,17H2,1-2H3. The van der Waals surface area contributed by atoms with E-state index in [1.807, 2.05) is 24.3 Å². The van der Waals surface area contributed by atoms with E-state index >= 15 is 0 Å². The number of nitrogen functional groups attached to an aromatic ring is 1. The van der Waals surface area contributed by atoms with Crippen molar-refractivity contribution in [3.05, 3.63) is 47.5 Å². The second-order valence-corrected chi connectivity index (χ2v) is 4.78. The van der Waals surface area contributed by atoms with Gasteiger partial charge in [0.1, 0.15) is 5.52 Å². The molecule has 0 bridgehead atoms. The van der Waals surface area contributed by atoms with E-state index < -0.39 is 0 Å². The Bertz CT molecular complexity index is 744. The summed E-state index contributed by atoms with van der Waals surface area (Å²) in [6, 6.07) is 12.1. The molecule has 1 heterocycles. The summed E-state index contributed by atoms with van der Waals surface area (Å²) in [6.45, 7) is 4.15. The summed E-state index contributed by atoms with van der Waals surface area (Å²) in [4.78, 5) is 4.55. The molecule has 0 aliphatic carbocycles. The zero-order valence-electron chi connectivity index (χ0n) is 11.1. The van der Waals surface area contributed by atoms with Crippen LogP contribution in [0.5, 0.6) is 0 Å². The maximum Gasteiger partial charge on any atom is 0.227 e. The third-order valence-corrected chi connectivity index (χ3v) is 3.25. The van der Waals surface area contributed by atoms with Crippen molar-refractivity contribution in [2.24, 2.45) is 0 Å². The number of hydrogen-bond donors (Lipinski definition) is 1. The summed E-state index contributed by atoms with van der Waals surface area (Å²) in [5, 5.41) is 0. The number of aryl methyl sites for hydroxylation is 2. The van der Waals surface area contributed by atoms with Crippen molar-refractivity contribution in [1.82, 2.24) is 4.98 Å². The van der Waals surface area contributed by atoms with E-state index in [2.05, 4.69) is 31.0 Å². The first kappa shape index (κ1) is 11.8. The number of anilines is 1. The fraction of sp³-hybridized carbons (Fsp3) is 0.188. The molecule has 0 radical (unpaired) electrons. The van der Waals surface area contributed by atoms with E-state index in [-0.39, 0.29) is 0 Å². The highest BCUT2D eigenvalue weighted by atomic mass is 16.3. The Morgan fingerprint density at radius 2 is 2.05 bits per heavy atom. The van der Waals surface area contributed by atoms with Crippen molar-refractivity contribution in [3.8, 4) is 11.5 Å². The zero-order valence-corrected chi connectivity index (χ0v) is 11.1. The van der Waals surface area contributed by atoms with E-state index in [1.54, 1.807) is 0 Å². The molecular formula is C16H16N2O. The number of nitrogens with two attached hydrogens (primary N) is 1. The largest absolute Gasteiger partial charge is 0.434 e. The Morgan fingerprint density at radius 3 is 2.79 bits per heavy atom. The quantitative estimate of drug-likeness (QED) is 0.702. The molecule has 0 spiro atoms. The van der Waals surface area contributed by atoms with Crippen LogP contribution in [0.25, 0.3) is 22.6 Å². The van der Waals surface area contributed by atoms with Crippen LogP contribution in [0.1, 0.15) is 18.1 Å². The van der Waals surface area contributed by atoms with Gasteiger partial charge in [-0.2, -0.15) is 0 Å². The normalized spacial score (nSPS) is 11.1. The second-order valence-electron chi connectivity index (χ2n) is 4.78. The van der Waals surface area contributed by atoms with Gasteiger partial charge < -0.3 is 10.2 Å². The third kappa shape index (κ3) is 2.08. The van der Waals surface area contributed by atoms with E-state index in [9.17, 15) is 0 Å². The Balaban J connectivity index is 2.19. The van der Waals surface area contributed by atoms with E-state index in [0.29, 0.717) is 17.2 Å². The monoisotopic (exact) mass is 252 g/mol. The van der Waals surface area contributed by atoms with Gasteiger partial charge in [-0.1, -0.05) is 24.6 Å². The minimum Gasteiger partial charge on any atom is -0.434 e. The first-order valence-electron chi connectivity index (χ1n) is 6.43. The van der Waals surface area contributed by atoms with Crippen LogP contribution in [0, 0.1) is 6.92 Å². The van der Waals surface area contributed by atoms with Crippen LogP contribution in [0.4, 0.5) is 5.69 Å². The average Bonchev–Trinajstić information content (AvgIpc) is 2.83. The van der Waals surface area contributed by atoms with Gasteiger partial charge in [-0.15, -0.1) is 0 Å². The number of fused-ring (bicyclic) bond motifs is 1. The first-order valence-corrected chi connectivity index (χ1v) is 6.43. The molecule has 0 fully saturated rings. The van der Waals surface area contributed by atoms with Crippen LogP contribution in [-0.2, 0) is 6.42 Å². The van der Waals surface area contributed by atoms with Crippen LogP contribution < -0.4 is 5.73 Å². The van der Waals surface area contributed by atoms with Gasteiger partial charge >= 0.3 is 0 Å². The molecule has 1 aromatic heterocycles. The topological polar surface area (TPSA) is 52.0 Å². The number of aromatic nitrogens is 1. The lowest BCUT2D eigenvalue weighted by Crippen LogP contribution is -1.88. The molecule has 0 aliphatic heterocycles. The second kappa shape index (κ2) is 4.43. The molecule has 0 saturated heterocycles. The summed E-state index contributed by atoms with van der Waals surface area (Å²) >= 11 is 0. The summed E-state index contributed by atoms with van der Waals surface area (Å²) in [5.74, 6) is 0.624. The highest BCUT2D eigenvalue weighted by Crippen LogP contribution is 2.29. The Labute approximate surface area is 112 Å². The van der Waals surface area contributed by atoms with Gasteiger partial charge in [0.25, 0.3) is 0 Å². The summed E-state index contributed by atoms with van der Waals surface area (Å²) in [6.07, 6.45) is 0.937. The molecule has 0 amide bonds. The number of rotatable bonds is 2. The molecule has 2 aromatic carbocycles. The van der Waals surface area contributed by atoms with Crippen LogP contribution in [0.3, 0.4) is 0 Å². The smallest absolute Gasteiger partial charge is 0.227 e. The minimum absolute atomic E-state index is 0.624. The lowest BCUT2D eigenvalue weighted by molar-refractivity contribution is 0.621. The molecule has 3 aromatic rings. The molecule has 0 atom stereocenters. The van der Waals surface area contributed by atoms with E-state index in [0.717, 1.165) is 17.5 Å². The fourth-order valence-corrected chi connectivity index (χ4v) is 2.22. The van der Waals surface area contributed by atoms with Crippen LogP contribution >= 0.6 is 0 Å². The summed E-state index contributed by atoms with van der Waals surface area (Å²) in [5.41, 5.74) is 11.5. The van der Waals surface area contributed by atoms with Gasteiger partial charge in [0.05, 0.1) is 5.69 Å². The Kier molecular flexibility index (Phi) is 2.75. The van der Waals surface area contributed by atoms with Crippen molar-refractivity contribution >= 4 is 16.8 Å².